The Kier molecular flexibility index (Phi) is 9.09. The lowest BCUT2D eigenvalue weighted by atomic mass is 10.1. The lowest BCUT2D eigenvalue weighted by Gasteiger charge is -2.30. The van der Waals surface area contributed by atoms with E-state index in [0.29, 0.717) is 0 Å². The lowest BCUT2D eigenvalue weighted by molar-refractivity contribution is 1.25. The Labute approximate surface area is 322 Å². The highest BCUT2D eigenvalue weighted by atomic mass is 15.2. The van der Waals surface area contributed by atoms with Crippen LogP contribution in [-0.2, 0) is 0 Å². The SMILES string of the molecule is C=Cc1ccc(N(c2ccc(N(c3ccccc3)c3cccc4ccccc34)cc2)c2ccc(N(c3ccccc3)c3cccc4ccccc34)cc2)cc1. The Morgan fingerprint density at radius 1 is 0.273 bits per heavy atom. The van der Waals surface area contributed by atoms with Gasteiger partial charge in [-0.2, -0.15) is 0 Å². The number of para-hydroxylation sites is 2. The van der Waals surface area contributed by atoms with Crippen molar-refractivity contribution in [3.63, 3.8) is 0 Å². The second kappa shape index (κ2) is 14.9. The van der Waals surface area contributed by atoms with Crippen LogP contribution in [0.1, 0.15) is 5.56 Å². The van der Waals surface area contributed by atoms with Crippen LogP contribution in [0.3, 0.4) is 0 Å². The van der Waals surface area contributed by atoms with Gasteiger partial charge in [-0.25, -0.2) is 0 Å². The Hall–Kier alpha value is -7.36. The maximum Gasteiger partial charge on any atom is 0.0540 e. The third kappa shape index (κ3) is 6.60. The Balaban J connectivity index is 1.14. The molecule has 0 saturated carbocycles. The molecule has 0 bridgehead atoms. The van der Waals surface area contributed by atoms with Gasteiger partial charge in [0.1, 0.15) is 0 Å². The number of hydrogen-bond donors (Lipinski definition) is 0. The van der Waals surface area contributed by atoms with Crippen LogP contribution in [0.2, 0.25) is 0 Å². The predicted octanol–water partition coefficient (Wildman–Crippen LogP) is 15.0. The fourth-order valence-corrected chi connectivity index (χ4v) is 7.52. The van der Waals surface area contributed by atoms with Crippen molar-refractivity contribution in [2.45, 2.75) is 0 Å². The molecular formula is C52H39N3. The molecule has 0 spiro atoms. The molecule has 0 atom stereocenters. The highest BCUT2D eigenvalue weighted by Crippen LogP contribution is 2.43. The van der Waals surface area contributed by atoms with E-state index in [2.05, 4.69) is 240 Å². The molecule has 0 saturated heterocycles. The normalized spacial score (nSPS) is 11.0. The number of hydrogen-bond acceptors (Lipinski definition) is 3. The summed E-state index contributed by atoms with van der Waals surface area (Å²) in [5, 5.41) is 4.83. The van der Waals surface area contributed by atoms with Crippen LogP contribution in [0.5, 0.6) is 0 Å². The topological polar surface area (TPSA) is 9.72 Å². The highest BCUT2D eigenvalue weighted by Gasteiger charge is 2.19. The second-order valence-electron chi connectivity index (χ2n) is 13.5. The van der Waals surface area contributed by atoms with Crippen molar-refractivity contribution in [3.05, 3.63) is 231 Å². The summed E-state index contributed by atoms with van der Waals surface area (Å²) < 4.78 is 0. The lowest BCUT2D eigenvalue weighted by Crippen LogP contribution is -2.13. The molecule has 9 aromatic rings. The van der Waals surface area contributed by atoms with Crippen LogP contribution < -0.4 is 14.7 Å². The molecule has 0 amide bonds. The zero-order valence-corrected chi connectivity index (χ0v) is 30.4. The first-order valence-corrected chi connectivity index (χ1v) is 18.6. The van der Waals surface area contributed by atoms with Crippen molar-refractivity contribution < 1.29 is 0 Å². The van der Waals surface area contributed by atoms with Crippen molar-refractivity contribution in [3.8, 4) is 0 Å². The van der Waals surface area contributed by atoms with Crippen molar-refractivity contribution in [1.82, 2.24) is 0 Å². The first-order valence-electron chi connectivity index (χ1n) is 18.6. The molecule has 0 aromatic heterocycles. The van der Waals surface area contributed by atoms with Crippen LogP contribution in [0.25, 0.3) is 27.6 Å². The Morgan fingerprint density at radius 2 is 0.582 bits per heavy atom. The van der Waals surface area contributed by atoms with E-state index >= 15 is 0 Å². The third-order valence-electron chi connectivity index (χ3n) is 10.2. The monoisotopic (exact) mass is 705 g/mol. The Morgan fingerprint density at radius 3 is 0.982 bits per heavy atom. The number of rotatable bonds is 10. The van der Waals surface area contributed by atoms with E-state index in [4.69, 9.17) is 0 Å². The third-order valence-corrected chi connectivity index (χ3v) is 10.2. The first-order chi connectivity index (χ1) is 27.2. The molecule has 0 heterocycles. The van der Waals surface area contributed by atoms with Gasteiger partial charge in [0.05, 0.1) is 11.4 Å². The Bertz CT molecular complexity index is 2530. The molecule has 262 valence electrons. The minimum Gasteiger partial charge on any atom is -0.311 e. The molecular weight excluding hydrogens is 667 g/mol. The van der Waals surface area contributed by atoms with Crippen molar-refractivity contribution in [2.75, 3.05) is 14.7 Å². The summed E-state index contributed by atoms with van der Waals surface area (Å²) in [6.07, 6.45) is 1.88. The number of benzene rings is 9. The molecule has 55 heavy (non-hydrogen) atoms. The number of nitrogens with zero attached hydrogens (tertiary/aromatic N) is 3. The standard InChI is InChI=1S/C52H39N3/c1-2-39-27-29-44(30-28-39)53(45-31-35-47(36-32-45)54(42-19-5-3-6-20-42)51-25-13-17-40-15-9-11-23-49(40)51)46-33-37-48(38-34-46)55(43-21-7-4-8-22-43)52-26-14-18-41-16-10-12-24-50(41)52/h2-38H,1H2. The molecule has 0 aliphatic heterocycles. The van der Waals surface area contributed by atoms with E-state index in [1.54, 1.807) is 0 Å². The maximum absolute atomic E-state index is 3.99. The predicted molar refractivity (Wildman–Crippen MR) is 236 cm³/mol. The van der Waals surface area contributed by atoms with Gasteiger partial charge < -0.3 is 14.7 Å². The van der Waals surface area contributed by atoms with Gasteiger partial charge in [0.2, 0.25) is 0 Å². The highest BCUT2D eigenvalue weighted by molar-refractivity contribution is 6.00. The molecule has 0 N–H and O–H groups in total. The first kappa shape index (κ1) is 33.5. The molecule has 0 fully saturated rings. The van der Waals surface area contributed by atoms with Crippen LogP contribution >= 0.6 is 0 Å². The van der Waals surface area contributed by atoms with E-state index in [1.807, 2.05) is 6.08 Å². The summed E-state index contributed by atoms with van der Waals surface area (Å²) in [6.45, 7) is 3.99. The van der Waals surface area contributed by atoms with E-state index in [0.717, 1.165) is 56.7 Å². The number of anilines is 9. The molecule has 9 rings (SSSR count). The van der Waals surface area contributed by atoms with E-state index in [-0.39, 0.29) is 0 Å². The zero-order chi connectivity index (χ0) is 37.0. The zero-order valence-electron chi connectivity index (χ0n) is 30.4. The molecule has 0 radical (unpaired) electrons. The minimum atomic E-state index is 1.06. The quantitative estimate of drug-likeness (QED) is 0.140. The molecule has 9 aromatic carbocycles. The van der Waals surface area contributed by atoms with Crippen molar-refractivity contribution in [2.24, 2.45) is 0 Å². The van der Waals surface area contributed by atoms with Crippen LogP contribution in [-0.4, -0.2) is 0 Å². The average Bonchev–Trinajstić information content (AvgIpc) is 3.26. The summed E-state index contributed by atoms with van der Waals surface area (Å²) in [7, 11) is 0. The van der Waals surface area contributed by atoms with Crippen molar-refractivity contribution >= 4 is 78.8 Å². The van der Waals surface area contributed by atoms with E-state index < -0.39 is 0 Å². The summed E-state index contributed by atoms with van der Waals surface area (Å²) in [5.74, 6) is 0. The van der Waals surface area contributed by atoms with Crippen LogP contribution in [0.4, 0.5) is 51.2 Å². The fourth-order valence-electron chi connectivity index (χ4n) is 7.52. The summed E-state index contributed by atoms with van der Waals surface area (Å²) in [6, 6.07) is 77.7. The molecule has 0 unspecified atom stereocenters. The summed E-state index contributed by atoms with van der Waals surface area (Å²) >= 11 is 0. The van der Waals surface area contributed by atoms with Gasteiger partial charge in [-0.15, -0.1) is 0 Å². The minimum absolute atomic E-state index is 1.06. The van der Waals surface area contributed by atoms with Gasteiger partial charge in [-0.1, -0.05) is 134 Å². The number of fused-ring (bicyclic) bond motifs is 2. The molecule has 3 heteroatoms. The van der Waals surface area contributed by atoms with Gasteiger partial charge in [-0.3, -0.25) is 0 Å². The van der Waals surface area contributed by atoms with E-state index in [9.17, 15) is 0 Å². The molecule has 0 aliphatic carbocycles. The van der Waals surface area contributed by atoms with Gasteiger partial charge in [-0.05, 0) is 113 Å². The van der Waals surface area contributed by atoms with Gasteiger partial charge >= 0.3 is 0 Å². The van der Waals surface area contributed by atoms with Gasteiger partial charge in [0, 0.05) is 50.6 Å². The largest absolute Gasteiger partial charge is 0.311 e. The summed E-state index contributed by atoms with van der Waals surface area (Å²) in [4.78, 5) is 7.00. The fraction of sp³-hybridized carbons (Fsp3) is 0. The average molecular weight is 706 g/mol. The molecule has 0 aliphatic rings. The van der Waals surface area contributed by atoms with E-state index in [1.165, 1.54) is 21.5 Å². The van der Waals surface area contributed by atoms with Gasteiger partial charge in [0.25, 0.3) is 0 Å². The maximum atomic E-state index is 3.99. The van der Waals surface area contributed by atoms with Crippen LogP contribution in [0.15, 0.2) is 225 Å². The van der Waals surface area contributed by atoms with Gasteiger partial charge in [0.15, 0.2) is 0 Å². The smallest absolute Gasteiger partial charge is 0.0540 e. The summed E-state index contributed by atoms with van der Waals surface area (Å²) in [5.41, 5.74) is 10.9. The molecule has 3 nitrogen and oxygen atoms in total. The van der Waals surface area contributed by atoms with Crippen LogP contribution in [0, 0.1) is 0 Å². The van der Waals surface area contributed by atoms with Crippen molar-refractivity contribution in [1.29, 1.82) is 0 Å². The second-order valence-corrected chi connectivity index (χ2v) is 13.5.